The average Bonchev–Trinajstić information content (AvgIpc) is 2.44. The molecule has 0 amide bonds. The molecule has 23 heavy (non-hydrogen) atoms. The predicted molar refractivity (Wildman–Crippen MR) is 89.6 cm³/mol. The molecule has 6 nitrogen and oxygen atoms in total. The first-order chi connectivity index (χ1) is 10.6. The molecule has 1 N–H and O–H groups in total. The van der Waals surface area contributed by atoms with Gasteiger partial charge in [0, 0.05) is 17.2 Å². The third-order valence-corrected chi connectivity index (χ3v) is 5.26. The number of hydrogen-bond donors (Lipinski definition) is 1. The summed E-state index contributed by atoms with van der Waals surface area (Å²) in [5, 5.41) is 11.5. The second-order valence-electron chi connectivity index (χ2n) is 5.21. The van der Waals surface area contributed by atoms with E-state index in [4.69, 9.17) is 11.6 Å². The number of hydrogen-bond acceptors (Lipinski definition) is 4. The minimum absolute atomic E-state index is 0.112. The third-order valence-electron chi connectivity index (χ3n) is 3.54. The number of nitrogens with zero attached hydrogens (tertiary/aromatic N) is 1. The Labute approximate surface area is 139 Å². The standard InChI is InChI=1S/C15H15ClN2O4S/c1-9-7-13(18(19)20)8-15(11(9)3)23(21,22)17-14-5-4-12(16)6-10(14)2/h4-8,17H,1-3H3. The minimum atomic E-state index is -3.96. The lowest BCUT2D eigenvalue weighted by Gasteiger charge is -2.13. The molecule has 0 atom stereocenters. The molecule has 2 rings (SSSR count). The van der Waals surface area contributed by atoms with E-state index in [-0.39, 0.29) is 10.6 Å². The van der Waals surface area contributed by atoms with Crippen LogP contribution in [0.15, 0.2) is 35.2 Å². The lowest BCUT2D eigenvalue weighted by molar-refractivity contribution is -0.385. The van der Waals surface area contributed by atoms with Crippen molar-refractivity contribution in [3.8, 4) is 0 Å². The van der Waals surface area contributed by atoms with Gasteiger partial charge in [0.25, 0.3) is 15.7 Å². The van der Waals surface area contributed by atoms with Crippen LogP contribution in [-0.4, -0.2) is 13.3 Å². The normalized spacial score (nSPS) is 11.3. The van der Waals surface area contributed by atoms with Crippen molar-refractivity contribution in [1.82, 2.24) is 0 Å². The van der Waals surface area contributed by atoms with Crippen molar-refractivity contribution >= 4 is 33.0 Å². The molecular formula is C15H15ClN2O4S. The van der Waals surface area contributed by atoms with Crippen molar-refractivity contribution in [2.24, 2.45) is 0 Å². The fourth-order valence-corrected chi connectivity index (χ4v) is 3.83. The van der Waals surface area contributed by atoms with Gasteiger partial charge in [-0.3, -0.25) is 14.8 Å². The van der Waals surface area contributed by atoms with Gasteiger partial charge in [0.2, 0.25) is 0 Å². The van der Waals surface area contributed by atoms with Crippen LogP contribution in [0.5, 0.6) is 0 Å². The highest BCUT2D eigenvalue weighted by molar-refractivity contribution is 7.92. The molecule has 0 unspecified atom stereocenters. The summed E-state index contributed by atoms with van der Waals surface area (Å²) < 4.78 is 27.7. The maximum absolute atomic E-state index is 12.6. The van der Waals surface area contributed by atoms with Crippen LogP contribution >= 0.6 is 11.6 Å². The van der Waals surface area contributed by atoms with Crippen molar-refractivity contribution < 1.29 is 13.3 Å². The molecule has 0 aliphatic heterocycles. The number of nitro groups is 1. The quantitative estimate of drug-likeness (QED) is 0.664. The zero-order chi connectivity index (χ0) is 17.4. The van der Waals surface area contributed by atoms with E-state index in [2.05, 4.69) is 4.72 Å². The fourth-order valence-electron chi connectivity index (χ4n) is 2.13. The summed E-state index contributed by atoms with van der Waals surface area (Å²) in [6, 6.07) is 7.16. The van der Waals surface area contributed by atoms with Gasteiger partial charge in [-0.2, -0.15) is 0 Å². The van der Waals surface area contributed by atoms with Crippen LogP contribution in [0, 0.1) is 30.9 Å². The van der Waals surface area contributed by atoms with E-state index in [0.29, 0.717) is 27.4 Å². The first kappa shape index (κ1) is 17.2. The molecule has 122 valence electrons. The molecule has 0 aliphatic carbocycles. The summed E-state index contributed by atoms with van der Waals surface area (Å²) >= 11 is 5.85. The molecule has 0 aliphatic rings. The van der Waals surface area contributed by atoms with Gasteiger partial charge >= 0.3 is 0 Å². The van der Waals surface area contributed by atoms with Crippen LogP contribution in [0.25, 0.3) is 0 Å². The van der Waals surface area contributed by atoms with Crippen LogP contribution in [0.3, 0.4) is 0 Å². The Kier molecular flexibility index (Phi) is 4.63. The molecule has 2 aromatic carbocycles. The van der Waals surface area contributed by atoms with Gasteiger partial charge in [0.05, 0.1) is 15.5 Å². The number of rotatable bonds is 4. The number of sulfonamides is 1. The summed E-state index contributed by atoms with van der Waals surface area (Å²) in [7, 11) is -3.96. The molecule has 0 spiro atoms. The van der Waals surface area contributed by atoms with Crippen molar-refractivity contribution in [3.63, 3.8) is 0 Å². The van der Waals surface area contributed by atoms with E-state index in [1.54, 1.807) is 39.0 Å². The molecule has 0 radical (unpaired) electrons. The molecule has 0 bridgehead atoms. The van der Waals surface area contributed by atoms with E-state index < -0.39 is 14.9 Å². The molecule has 8 heteroatoms. The monoisotopic (exact) mass is 354 g/mol. The summed E-state index contributed by atoms with van der Waals surface area (Å²) in [4.78, 5) is 10.2. The number of halogens is 1. The van der Waals surface area contributed by atoms with Crippen LogP contribution in [0.2, 0.25) is 5.02 Å². The van der Waals surface area contributed by atoms with Crippen molar-refractivity contribution in [2.45, 2.75) is 25.7 Å². The van der Waals surface area contributed by atoms with Crippen molar-refractivity contribution in [1.29, 1.82) is 0 Å². The average molecular weight is 355 g/mol. The lowest BCUT2D eigenvalue weighted by Crippen LogP contribution is -2.16. The highest BCUT2D eigenvalue weighted by atomic mass is 35.5. The van der Waals surface area contributed by atoms with Crippen LogP contribution in [0.1, 0.15) is 16.7 Å². The first-order valence-corrected chi connectivity index (χ1v) is 8.52. The van der Waals surface area contributed by atoms with Gasteiger partial charge in [-0.25, -0.2) is 8.42 Å². The molecule has 0 fully saturated rings. The second kappa shape index (κ2) is 6.17. The third kappa shape index (κ3) is 3.62. The van der Waals surface area contributed by atoms with Gasteiger partial charge in [-0.1, -0.05) is 11.6 Å². The molecule has 0 aromatic heterocycles. The molecule has 0 saturated heterocycles. The zero-order valence-electron chi connectivity index (χ0n) is 12.8. The lowest BCUT2D eigenvalue weighted by atomic mass is 10.1. The van der Waals surface area contributed by atoms with Crippen molar-refractivity contribution in [3.05, 3.63) is 62.2 Å². The Hall–Kier alpha value is -2.12. The molecule has 0 heterocycles. The maximum Gasteiger partial charge on any atom is 0.271 e. The van der Waals surface area contributed by atoms with E-state index in [1.165, 1.54) is 6.07 Å². The van der Waals surface area contributed by atoms with E-state index >= 15 is 0 Å². The van der Waals surface area contributed by atoms with E-state index in [1.807, 2.05) is 0 Å². The summed E-state index contributed by atoms with van der Waals surface area (Å²) in [6.07, 6.45) is 0. The number of nitrogens with one attached hydrogen (secondary N) is 1. The molecular weight excluding hydrogens is 340 g/mol. The van der Waals surface area contributed by atoms with Gasteiger partial charge in [0.1, 0.15) is 0 Å². The number of nitro benzene ring substituents is 1. The van der Waals surface area contributed by atoms with Crippen LogP contribution in [-0.2, 0) is 10.0 Å². The minimum Gasteiger partial charge on any atom is -0.279 e. The van der Waals surface area contributed by atoms with E-state index in [0.717, 1.165) is 6.07 Å². The highest BCUT2D eigenvalue weighted by Crippen LogP contribution is 2.28. The molecule has 2 aromatic rings. The number of anilines is 1. The number of benzene rings is 2. The summed E-state index contributed by atoms with van der Waals surface area (Å²) in [6.45, 7) is 4.96. The van der Waals surface area contributed by atoms with E-state index in [9.17, 15) is 18.5 Å². The number of aryl methyl sites for hydroxylation is 2. The topological polar surface area (TPSA) is 89.3 Å². The first-order valence-electron chi connectivity index (χ1n) is 6.66. The summed E-state index contributed by atoms with van der Waals surface area (Å²) in [5.41, 5.74) is 1.77. The fraction of sp³-hybridized carbons (Fsp3) is 0.200. The van der Waals surface area contributed by atoms with Crippen LogP contribution < -0.4 is 4.72 Å². The Morgan fingerprint density at radius 1 is 1.09 bits per heavy atom. The van der Waals surface area contributed by atoms with Gasteiger partial charge in [-0.05, 0) is 55.7 Å². The Bertz CT molecular complexity index is 895. The Balaban J connectivity index is 2.53. The maximum atomic E-state index is 12.6. The second-order valence-corrected chi connectivity index (χ2v) is 7.29. The Morgan fingerprint density at radius 3 is 2.30 bits per heavy atom. The van der Waals surface area contributed by atoms with Gasteiger partial charge in [0.15, 0.2) is 0 Å². The molecule has 0 saturated carbocycles. The largest absolute Gasteiger partial charge is 0.279 e. The number of non-ortho nitro benzene ring substituents is 1. The van der Waals surface area contributed by atoms with Gasteiger partial charge in [-0.15, -0.1) is 0 Å². The van der Waals surface area contributed by atoms with Crippen LogP contribution in [0.4, 0.5) is 11.4 Å². The predicted octanol–water partition coefficient (Wildman–Crippen LogP) is 3.97. The highest BCUT2D eigenvalue weighted by Gasteiger charge is 2.23. The smallest absolute Gasteiger partial charge is 0.271 e. The Morgan fingerprint density at radius 2 is 1.74 bits per heavy atom. The SMILES string of the molecule is Cc1cc(Cl)ccc1NS(=O)(=O)c1cc([N+](=O)[O-])cc(C)c1C. The zero-order valence-corrected chi connectivity index (χ0v) is 14.3. The summed E-state index contributed by atoms with van der Waals surface area (Å²) in [5.74, 6) is 0. The van der Waals surface area contributed by atoms with Gasteiger partial charge < -0.3 is 0 Å². The van der Waals surface area contributed by atoms with Crippen molar-refractivity contribution in [2.75, 3.05) is 4.72 Å².